The summed E-state index contributed by atoms with van der Waals surface area (Å²) in [5.41, 5.74) is 0. The van der Waals surface area contributed by atoms with E-state index < -0.39 is 0 Å². The average molecular weight is 166 g/mol. The van der Waals surface area contributed by atoms with Gasteiger partial charge in [-0.05, 0) is 19.1 Å². The van der Waals surface area contributed by atoms with Crippen LogP contribution in [-0.4, -0.2) is 29.8 Å². The van der Waals surface area contributed by atoms with Crippen molar-refractivity contribution in [2.24, 2.45) is 0 Å². The van der Waals surface area contributed by atoms with Gasteiger partial charge in [0, 0.05) is 19.3 Å². The standard InChI is InChI=1S/C9H14N2O/c1-2-11(7-8-12)9-5-3-4-6-10-9/h3-6,12H,2,7-8H2,1H3. The van der Waals surface area contributed by atoms with Gasteiger partial charge in [0.1, 0.15) is 5.82 Å². The van der Waals surface area contributed by atoms with Crippen molar-refractivity contribution < 1.29 is 5.11 Å². The van der Waals surface area contributed by atoms with Crippen molar-refractivity contribution >= 4 is 5.82 Å². The van der Waals surface area contributed by atoms with E-state index in [4.69, 9.17) is 5.11 Å². The summed E-state index contributed by atoms with van der Waals surface area (Å²) in [6, 6.07) is 5.78. The van der Waals surface area contributed by atoms with Crippen molar-refractivity contribution in [3.05, 3.63) is 24.4 Å². The molecule has 1 heterocycles. The van der Waals surface area contributed by atoms with Crippen LogP contribution >= 0.6 is 0 Å². The number of hydrogen-bond donors (Lipinski definition) is 1. The number of likely N-dealkylation sites (N-methyl/N-ethyl adjacent to an activating group) is 1. The van der Waals surface area contributed by atoms with Gasteiger partial charge in [-0.25, -0.2) is 4.98 Å². The molecular weight excluding hydrogens is 152 g/mol. The van der Waals surface area contributed by atoms with Gasteiger partial charge in [0.15, 0.2) is 0 Å². The molecule has 0 atom stereocenters. The number of aromatic nitrogens is 1. The van der Waals surface area contributed by atoms with Crippen LogP contribution in [0.4, 0.5) is 5.82 Å². The molecule has 0 aliphatic carbocycles. The lowest BCUT2D eigenvalue weighted by atomic mass is 10.4. The zero-order chi connectivity index (χ0) is 8.81. The van der Waals surface area contributed by atoms with Crippen LogP contribution in [0.2, 0.25) is 0 Å². The summed E-state index contributed by atoms with van der Waals surface area (Å²) in [4.78, 5) is 6.21. The van der Waals surface area contributed by atoms with Gasteiger partial charge in [0.05, 0.1) is 6.61 Å². The molecule has 3 nitrogen and oxygen atoms in total. The smallest absolute Gasteiger partial charge is 0.128 e. The lowest BCUT2D eigenvalue weighted by Crippen LogP contribution is -2.26. The molecule has 3 heteroatoms. The van der Waals surface area contributed by atoms with Crippen molar-refractivity contribution in [1.29, 1.82) is 0 Å². The highest BCUT2D eigenvalue weighted by molar-refractivity contribution is 5.37. The van der Waals surface area contributed by atoms with Gasteiger partial charge in [-0.3, -0.25) is 0 Å². The molecule has 0 aliphatic heterocycles. The number of anilines is 1. The second kappa shape index (κ2) is 4.72. The van der Waals surface area contributed by atoms with E-state index in [-0.39, 0.29) is 6.61 Å². The topological polar surface area (TPSA) is 36.4 Å². The summed E-state index contributed by atoms with van der Waals surface area (Å²) in [6.45, 7) is 3.74. The molecule has 12 heavy (non-hydrogen) atoms. The van der Waals surface area contributed by atoms with Gasteiger partial charge < -0.3 is 10.0 Å². The largest absolute Gasteiger partial charge is 0.395 e. The molecule has 0 spiro atoms. The maximum Gasteiger partial charge on any atom is 0.128 e. The Labute approximate surface area is 72.7 Å². The Morgan fingerprint density at radius 2 is 2.33 bits per heavy atom. The fourth-order valence-corrected chi connectivity index (χ4v) is 1.10. The molecule has 1 N–H and O–H groups in total. The Hall–Kier alpha value is -1.09. The second-order valence-corrected chi connectivity index (χ2v) is 2.49. The first kappa shape index (κ1) is 9.00. The molecule has 1 aromatic heterocycles. The summed E-state index contributed by atoms with van der Waals surface area (Å²) in [5.74, 6) is 0.925. The fraction of sp³-hybridized carbons (Fsp3) is 0.444. The van der Waals surface area contributed by atoms with Crippen LogP contribution in [-0.2, 0) is 0 Å². The number of rotatable bonds is 4. The molecule has 0 aromatic carbocycles. The zero-order valence-corrected chi connectivity index (χ0v) is 7.27. The van der Waals surface area contributed by atoms with Gasteiger partial charge in [0.2, 0.25) is 0 Å². The van der Waals surface area contributed by atoms with Crippen LogP contribution in [0.1, 0.15) is 6.92 Å². The van der Waals surface area contributed by atoms with Crippen LogP contribution in [0.5, 0.6) is 0 Å². The van der Waals surface area contributed by atoms with E-state index in [2.05, 4.69) is 4.98 Å². The molecule has 0 saturated heterocycles. The van der Waals surface area contributed by atoms with Crippen LogP contribution in [0, 0.1) is 0 Å². The van der Waals surface area contributed by atoms with Crippen LogP contribution in [0.15, 0.2) is 24.4 Å². The van der Waals surface area contributed by atoms with E-state index in [1.54, 1.807) is 6.20 Å². The summed E-state index contributed by atoms with van der Waals surface area (Å²) in [5, 5.41) is 8.76. The number of pyridine rings is 1. The molecule has 0 fully saturated rings. The third kappa shape index (κ3) is 2.20. The minimum atomic E-state index is 0.171. The molecule has 0 saturated carbocycles. The predicted molar refractivity (Wildman–Crippen MR) is 49.2 cm³/mol. The van der Waals surface area contributed by atoms with Crippen molar-refractivity contribution in [3.63, 3.8) is 0 Å². The highest BCUT2D eigenvalue weighted by Gasteiger charge is 2.01. The molecule has 0 amide bonds. The molecule has 1 rings (SSSR count). The Kier molecular flexibility index (Phi) is 3.54. The summed E-state index contributed by atoms with van der Waals surface area (Å²) in [7, 11) is 0. The molecule has 0 unspecified atom stereocenters. The van der Waals surface area contributed by atoms with Crippen molar-refractivity contribution in [3.8, 4) is 0 Å². The Bertz CT molecular complexity index is 213. The maximum absolute atomic E-state index is 8.76. The maximum atomic E-state index is 8.76. The van der Waals surface area contributed by atoms with Crippen molar-refractivity contribution in [2.45, 2.75) is 6.92 Å². The number of aliphatic hydroxyl groups excluding tert-OH is 1. The third-order valence-corrected chi connectivity index (χ3v) is 1.72. The fourth-order valence-electron chi connectivity index (χ4n) is 1.10. The second-order valence-electron chi connectivity index (χ2n) is 2.49. The summed E-state index contributed by atoms with van der Waals surface area (Å²) < 4.78 is 0. The minimum absolute atomic E-state index is 0.171. The first-order chi connectivity index (χ1) is 5.88. The molecule has 0 bridgehead atoms. The first-order valence-electron chi connectivity index (χ1n) is 4.15. The lowest BCUT2D eigenvalue weighted by molar-refractivity contribution is 0.302. The molecule has 66 valence electrons. The highest BCUT2D eigenvalue weighted by Crippen LogP contribution is 2.07. The average Bonchev–Trinajstić information content (AvgIpc) is 2.15. The number of hydrogen-bond acceptors (Lipinski definition) is 3. The van der Waals surface area contributed by atoms with Crippen LogP contribution in [0.3, 0.4) is 0 Å². The summed E-state index contributed by atoms with van der Waals surface area (Å²) >= 11 is 0. The zero-order valence-electron chi connectivity index (χ0n) is 7.27. The predicted octanol–water partition coefficient (Wildman–Crippen LogP) is 0.900. The van der Waals surface area contributed by atoms with Gasteiger partial charge in [-0.15, -0.1) is 0 Å². The molecule has 1 aromatic rings. The van der Waals surface area contributed by atoms with Gasteiger partial charge >= 0.3 is 0 Å². The first-order valence-corrected chi connectivity index (χ1v) is 4.15. The van der Waals surface area contributed by atoms with E-state index in [0.717, 1.165) is 12.4 Å². The van der Waals surface area contributed by atoms with Crippen molar-refractivity contribution in [1.82, 2.24) is 4.98 Å². The van der Waals surface area contributed by atoms with Gasteiger partial charge in [-0.1, -0.05) is 6.07 Å². The quantitative estimate of drug-likeness (QED) is 0.722. The highest BCUT2D eigenvalue weighted by atomic mass is 16.3. The van der Waals surface area contributed by atoms with Crippen LogP contribution < -0.4 is 4.90 Å². The van der Waals surface area contributed by atoms with E-state index in [0.29, 0.717) is 6.54 Å². The lowest BCUT2D eigenvalue weighted by Gasteiger charge is -2.19. The Balaban J connectivity index is 2.66. The van der Waals surface area contributed by atoms with Gasteiger partial charge in [-0.2, -0.15) is 0 Å². The minimum Gasteiger partial charge on any atom is -0.395 e. The normalized spacial score (nSPS) is 9.83. The van der Waals surface area contributed by atoms with Crippen molar-refractivity contribution in [2.75, 3.05) is 24.6 Å². The van der Waals surface area contributed by atoms with E-state index in [9.17, 15) is 0 Å². The number of nitrogens with zero attached hydrogens (tertiary/aromatic N) is 2. The molecule has 0 radical (unpaired) electrons. The Morgan fingerprint density at radius 1 is 1.50 bits per heavy atom. The van der Waals surface area contributed by atoms with E-state index in [1.165, 1.54) is 0 Å². The van der Waals surface area contributed by atoms with Crippen LogP contribution in [0.25, 0.3) is 0 Å². The SMILES string of the molecule is CCN(CCO)c1ccccn1. The monoisotopic (exact) mass is 166 g/mol. The van der Waals surface area contributed by atoms with E-state index in [1.807, 2.05) is 30.0 Å². The van der Waals surface area contributed by atoms with Gasteiger partial charge in [0.25, 0.3) is 0 Å². The molecular formula is C9H14N2O. The Morgan fingerprint density at radius 3 is 2.83 bits per heavy atom. The number of aliphatic hydroxyl groups is 1. The summed E-state index contributed by atoms with van der Waals surface area (Å²) in [6.07, 6.45) is 1.76. The third-order valence-electron chi connectivity index (χ3n) is 1.72. The van der Waals surface area contributed by atoms with E-state index >= 15 is 0 Å². The molecule has 0 aliphatic rings.